The van der Waals surface area contributed by atoms with Gasteiger partial charge in [-0.2, -0.15) is 0 Å². The van der Waals surface area contributed by atoms with Crippen LogP contribution in [-0.4, -0.2) is 19.3 Å². The number of rotatable bonds is 0. The number of hydrogen-bond acceptors (Lipinski definition) is 1. The molecule has 1 N–H and O–H groups in total. The highest BCUT2D eigenvalue weighted by Gasteiger charge is 2.18. The van der Waals surface area contributed by atoms with Crippen molar-refractivity contribution in [3.63, 3.8) is 0 Å². The van der Waals surface area contributed by atoms with Crippen molar-refractivity contribution >= 4 is 0 Å². The van der Waals surface area contributed by atoms with E-state index < -0.39 is 6.17 Å². The molecule has 1 saturated heterocycles. The molecule has 0 aliphatic carbocycles. The first-order chi connectivity index (χ1) is 3.80. The zero-order valence-electron chi connectivity index (χ0n) is 5.15. The van der Waals surface area contributed by atoms with Gasteiger partial charge in [0.25, 0.3) is 0 Å². The van der Waals surface area contributed by atoms with Crippen LogP contribution in [0.25, 0.3) is 0 Å². The van der Waals surface area contributed by atoms with Crippen LogP contribution in [0.1, 0.15) is 13.3 Å². The molecule has 2 heteroatoms. The third-order valence-corrected chi connectivity index (χ3v) is 1.68. The van der Waals surface area contributed by atoms with Crippen molar-refractivity contribution in [1.29, 1.82) is 0 Å². The zero-order valence-corrected chi connectivity index (χ0v) is 5.15. The summed E-state index contributed by atoms with van der Waals surface area (Å²) in [4.78, 5) is 0. The van der Waals surface area contributed by atoms with Gasteiger partial charge in [-0.05, 0) is 18.9 Å². The zero-order chi connectivity index (χ0) is 5.98. The Balaban J connectivity index is 2.28. The maximum Gasteiger partial charge on any atom is 0.105 e. The van der Waals surface area contributed by atoms with E-state index in [1.165, 1.54) is 0 Å². The summed E-state index contributed by atoms with van der Waals surface area (Å²) in [5, 5.41) is 3.12. The molecule has 0 aromatic rings. The molecule has 1 heterocycles. The molecule has 1 unspecified atom stereocenters. The number of hydrogen-bond donors (Lipinski definition) is 1. The Morgan fingerprint density at radius 3 is 2.75 bits per heavy atom. The predicted molar refractivity (Wildman–Crippen MR) is 31.5 cm³/mol. The Bertz CT molecular complexity index is 64.9. The average Bonchev–Trinajstić information content (AvgIpc) is 1.77. The molecular formula is C6H12FN. The predicted octanol–water partition coefficient (Wildman–Crippen LogP) is 0.954. The molecule has 0 amide bonds. The normalized spacial score (nSPS) is 39.8. The van der Waals surface area contributed by atoms with E-state index in [-0.39, 0.29) is 5.92 Å². The molecule has 0 aromatic heterocycles. The van der Waals surface area contributed by atoms with Gasteiger partial charge < -0.3 is 5.32 Å². The van der Waals surface area contributed by atoms with E-state index in [0.29, 0.717) is 6.42 Å². The van der Waals surface area contributed by atoms with Crippen molar-refractivity contribution < 1.29 is 4.39 Å². The number of piperidine rings is 1. The molecular weight excluding hydrogens is 105 g/mol. The van der Waals surface area contributed by atoms with Crippen LogP contribution in [0, 0.1) is 5.92 Å². The lowest BCUT2D eigenvalue weighted by Gasteiger charge is -2.22. The molecule has 1 aliphatic rings. The molecule has 8 heavy (non-hydrogen) atoms. The van der Waals surface area contributed by atoms with E-state index in [4.69, 9.17) is 0 Å². The van der Waals surface area contributed by atoms with Gasteiger partial charge >= 0.3 is 0 Å². The largest absolute Gasteiger partial charge is 0.316 e. The minimum absolute atomic E-state index is 0.226. The lowest BCUT2D eigenvalue weighted by atomic mass is 10.0. The monoisotopic (exact) mass is 117 g/mol. The van der Waals surface area contributed by atoms with Crippen LogP contribution in [0.2, 0.25) is 0 Å². The third kappa shape index (κ3) is 1.19. The van der Waals surface area contributed by atoms with E-state index in [2.05, 4.69) is 5.32 Å². The number of halogens is 1. The van der Waals surface area contributed by atoms with Crippen LogP contribution in [0.4, 0.5) is 4.39 Å². The molecule has 1 aliphatic heterocycles. The summed E-state index contributed by atoms with van der Waals surface area (Å²) in [7, 11) is 0. The van der Waals surface area contributed by atoms with Gasteiger partial charge in [0.1, 0.15) is 6.17 Å². The summed E-state index contributed by atoms with van der Waals surface area (Å²) in [5.74, 6) is 0.226. The summed E-state index contributed by atoms with van der Waals surface area (Å²) in [5.41, 5.74) is 0. The molecule has 0 saturated carbocycles. The molecule has 1 fully saturated rings. The third-order valence-electron chi connectivity index (χ3n) is 1.68. The first kappa shape index (κ1) is 6.02. The highest BCUT2D eigenvalue weighted by molar-refractivity contribution is 4.73. The molecule has 0 aromatic carbocycles. The fourth-order valence-electron chi connectivity index (χ4n) is 0.982. The fraction of sp³-hybridized carbons (Fsp3) is 1.00. The van der Waals surface area contributed by atoms with E-state index in [1.807, 2.05) is 6.92 Å². The van der Waals surface area contributed by atoms with Crippen molar-refractivity contribution in [2.45, 2.75) is 19.5 Å². The second-order valence-corrected chi connectivity index (χ2v) is 2.49. The minimum atomic E-state index is -0.559. The van der Waals surface area contributed by atoms with Gasteiger partial charge in [-0.1, -0.05) is 6.92 Å². The summed E-state index contributed by atoms with van der Waals surface area (Å²) in [6.45, 7) is 3.64. The Morgan fingerprint density at radius 1 is 1.62 bits per heavy atom. The molecule has 1 rings (SSSR count). The Kier molecular flexibility index (Phi) is 1.84. The standard InChI is InChI=1S/C6H12FN/c1-5-4-8-3-2-6(5)7/h5-6,8H,2-4H2,1H3/t5?,6-/m0/s1. The van der Waals surface area contributed by atoms with Gasteiger partial charge in [-0.15, -0.1) is 0 Å². The maximum absolute atomic E-state index is 12.5. The quantitative estimate of drug-likeness (QED) is 0.498. The molecule has 0 radical (unpaired) electrons. The van der Waals surface area contributed by atoms with Crippen LogP contribution < -0.4 is 5.32 Å². The first-order valence-electron chi connectivity index (χ1n) is 3.15. The number of alkyl halides is 1. The van der Waals surface area contributed by atoms with Crippen molar-refractivity contribution in [2.24, 2.45) is 5.92 Å². The number of nitrogens with one attached hydrogen (secondary N) is 1. The van der Waals surface area contributed by atoms with Gasteiger partial charge in [0.05, 0.1) is 0 Å². The Hall–Kier alpha value is -0.110. The topological polar surface area (TPSA) is 12.0 Å². The average molecular weight is 117 g/mol. The van der Waals surface area contributed by atoms with Gasteiger partial charge in [-0.3, -0.25) is 0 Å². The second-order valence-electron chi connectivity index (χ2n) is 2.49. The van der Waals surface area contributed by atoms with Gasteiger partial charge in [0.2, 0.25) is 0 Å². The van der Waals surface area contributed by atoms with Crippen LogP contribution in [0.5, 0.6) is 0 Å². The van der Waals surface area contributed by atoms with Crippen molar-refractivity contribution in [1.82, 2.24) is 5.32 Å². The van der Waals surface area contributed by atoms with E-state index in [0.717, 1.165) is 13.1 Å². The summed E-state index contributed by atoms with van der Waals surface area (Å²) in [6, 6.07) is 0. The lowest BCUT2D eigenvalue weighted by molar-refractivity contribution is 0.192. The van der Waals surface area contributed by atoms with Gasteiger partial charge in [-0.25, -0.2) is 4.39 Å². The fourth-order valence-corrected chi connectivity index (χ4v) is 0.982. The van der Waals surface area contributed by atoms with Crippen molar-refractivity contribution in [3.05, 3.63) is 0 Å². The van der Waals surface area contributed by atoms with Gasteiger partial charge in [0, 0.05) is 6.54 Å². The van der Waals surface area contributed by atoms with Crippen LogP contribution >= 0.6 is 0 Å². The van der Waals surface area contributed by atoms with Crippen LogP contribution in [-0.2, 0) is 0 Å². The van der Waals surface area contributed by atoms with Crippen molar-refractivity contribution in [3.8, 4) is 0 Å². The maximum atomic E-state index is 12.5. The minimum Gasteiger partial charge on any atom is -0.316 e. The highest BCUT2D eigenvalue weighted by atomic mass is 19.1. The van der Waals surface area contributed by atoms with E-state index in [9.17, 15) is 4.39 Å². The van der Waals surface area contributed by atoms with Crippen LogP contribution in [0.15, 0.2) is 0 Å². The SMILES string of the molecule is CC1CNCC[C@@H]1F. The smallest absolute Gasteiger partial charge is 0.105 e. The first-order valence-corrected chi connectivity index (χ1v) is 3.15. The van der Waals surface area contributed by atoms with Crippen LogP contribution in [0.3, 0.4) is 0 Å². The summed E-state index contributed by atoms with van der Waals surface area (Å²) < 4.78 is 12.5. The van der Waals surface area contributed by atoms with E-state index in [1.54, 1.807) is 0 Å². The Morgan fingerprint density at radius 2 is 2.38 bits per heavy atom. The van der Waals surface area contributed by atoms with Gasteiger partial charge in [0.15, 0.2) is 0 Å². The summed E-state index contributed by atoms with van der Waals surface area (Å²) in [6.07, 6.45) is 0.137. The molecule has 0 spiro atoms. The van der Waals surface area contributed by atoms with Crippen molar-refractivity contribution in [2.75, 3.05) is 13.1 Å². The molecule has 0 bridgehead atoms. The Labute approximate surface area is 49.3 Å². The highest BCUT2D eigenvalue weighted by Crippen LogP contribution is 2.12. The lowest BCUT2D eigenvalue weighted by Crippen LogP contribution is -2.35. The second kappa shape index (κ2) is 2.44. The molecule has 1 nitrogen and oxygen atoms in total. The van der Waals surface area contributed by atoms with E-state index >= 15 is 0 Å². The molecule has 48 valence electrons. The molecule has 2 atom stereocenters. The summed E-state index contributed by atoms with van der Waals surface area (Å²) >= 11 is 0.